The van der Waals surface area contributed by atoms with Crippen molar-refractivity contribution in [1.82, 2.24) is 0 Å². The lowest BCUT2D eigenvalue weighted by molar-refractivity contribution is 0.199. The number of rotatable bonds is 5. The molecule has 0 unspecified atom stereocenters. The lowest BCUT2D eigenvalue weighted by Gasteiger charge is -2.04. The van der Waals surface area contributed by atoms with E-state index in [4.69, 9.17) is 4.74 Å². The Labute approximate surface area is 88.8 Å². The van der Waals surface area contributed by atoms with Crippen molar-refractivity contribution in [1.29, 1.82) is 0 Å². The van der Waals surface area contributed by atoms with E-state index in [1.54, 1.807) is 0 Å². The minimum atomic E-state index is -3.52. The predicted octanol–water partition coefficient (Wildman–Crippen LogP) is 1.64. The van der Waals surface area contributed by atoms with Crippen LogP contribution >= 0.6 is 0 Å². The third-order valence-corrected chi connectivity index (χ3v) is 3.76. The van der Waals surface area contributed by atoms with Crippen LogP contribution in [0.3, 0.4) is 0 Å². The average Bonchev–Trinajstić information content (AvgIpc) is 2.18. The fourth-order valence-corrected chi connectivity index (χ4v) is 2.57. The van der Waals surface area contributed by atoms with Gasteiger partial charge in [-0.15, -0.1) is 0 Å². The molecule has 1 aromatic rings. The van der Waals surface area contributed by atoms with E-state index in [1.807, 2.05) is 0 Å². The van der Waals surface area contributed by atoms with Crippen LogP contribution in [-0.2, 0) is 14.6 Å². The summed E-state index contributed by atoms with van der Waals surface area (Å²) in [5.74, 6) is -0.795. The summed E-state index contributed by atoms with van der Waals surface area (Å²) in [7, 11) is -2.02. The number of hydrogen-bond acceptors (Lipinski definition) is 3. The molecule has 1 rings (SSSR count). The first-order valence-electron chi connectivity index (χ1n) is 4.54. The number of ether oxygens (including phenoxy) is 1. The second-order valence-electron chi connectivity index (χ2n) is 3.10. The second kappa shape index (κ2) is 5.23. The van der Waals surface area contributed by atoms with E-state index in [0.717, 1.165) is 6.07 Å². The first-order valence-corrected chi connectivity index (χ1v) is 6.19. The number of methoxy groups -OCH3 is 1. The van der Waals surface area contributed by atoms with Crippen molar-refractivity contribution >= 4 is 9.84 Å². The van der Waals surface area contributed by atoms with Crippen molar-refractivity contribution in [3.05, 3.63) is 30.1 Å². The van der Waals surface area contributed by atoms with E-state index in [1.165, 1.54) is 25.3 Å². The van der Waals surface area contributed by atoms with E-state index in [-0.39, 0.29) is 10.6 Å². The minimum absolute atomic E-state index is 0.0955. The van der Waals surface area contributed by atoms with E-state index < -0.39 is 15.7 Å². The molecule has 0 spiro atoms. The molecule has 5 heteroatoms. The molecule has 1 aromatic carbocycles. The summed E-state index contributed by atoms with van der Waals surface area (Å²) in [6, 6.07) is 5.39. The van der Waals surface area contributed by atoms with Crippen molar-refractivity contribution in [2.75, 3.05) is 19.5 Å². The Morgan fingerprint density at radius 3 is 2.60 bits per heavy atom. The van der Waals surface area contributed by atoms with Crippen LogP contribution in [0.1, 0.15) is 6.42 Å². The number of hydrogen-bond donors (Lipinski definition) is 0. The highest BCUT2D eigenvalue weighted by molar-refractivity contribution is 7.91. The summed E-state index contributed by atoms with van der Waals surface area (Å²) in [6.07, 6.45) is 0.368. The van der Waals surface area contributed by atoms with Gasteiger partial charge in [-0.1, -0.05) is 12.1 Å². The molecule has 0 radical (unpaired) electrons. The van der Waals surface area contributed by atoms with Gasteiger partial charge in [0.05, 0.1) is 5.75 Å². The van der Waals surface area contributed by atoms with E-state index >= 15 is 0 Å². The lowest BCUT2D eigenvalue weighted by Crippen LogP contribution is -2.10. The van der Waals surface area contributed by atoms with Crippen molar-refractivity contribution < 1.29 is 17.5 Å². The third kappa shape index (κ3) is 3.28. The molecular weight excluding hydrogens is 219 g/mol. The summed E-state index contributed by atoms with van der Waals surface area (Å²) in [5, 5.41) is 0. The fourth-order valence-electron chi connectivity index (χ4n) is 1.20. The lowest BCUT2D eigenvalue weighted by atomic mass is 10.3. The Hall–Kier alpha value is -0.940. The average molecular weight is 232 g/mol. The molecule has 0 N–H and O–H groups in total. The molecule has 0 atom stereocenters. The largest absolute Gasteiger partial charge is 0.385 e. The predicted molar refractivity (Wildman–Crippen MR) is 54.9 cm³/mol. The molecule has 3 nitrogen and oxygen atoms in total. The smallest absolute Gasteiger partial charge is 0.181 e. The van der Waals surface area contributed by atoms with Crippen LogP contribution in [0.2, 0.25) is 0 Å². The van der Waals surface area contributed by atoms with Crippen molar-refractivity contribution in [2.24, 2.45) is 0 Å². The first kappa shape index (κ1) is 12.1. The maximum Gasteiger partial charge on any atom is 0.181 e. The molecule has 15 heavy (non-hydrogen) atoms. The monoisotopic (exact) mass is 232 g/mol. The number of sulfone groups is 1. The van der Waals surface area contributed by atoms with Gasteiger partial charge >= 0.3 is 0 Å². The van der Waals surface area contributed by atoms with E-state index in [9.17, 15) is 12.8 Å². The highest BCUT2D eigenvalue weighted by Gasteiger charge is 2.17. The highest BCUT2D eigenvalue weighted by atomic mass is 32.2. The van der Waals surface area contributed by atoms with Crippen LogP contribution < -0.4 is 0 Å². The van der Waals surface area contributed by atoms with Gasteiger partial charge in [0.1, 0.15) is 10.7 Å². The van der Waals surface area contributed by atoms with Gasteiger partial charge in [-0.05, 0) is 18.6 Å². The zero-order valence-corrected chi connectivity index (χ0v) is 9.26. The Bertz CT molecular complexity index is 414. The second-order valence-corrected chi connectivity index (χ2v) is 5.17. The van der Waals surface area contributed by atoms with Gasteiger partial charge in [-0.2, -0.15) is 0 Å². The van der Waals surface area contributed by atoms with Gasteiger partial charge in [0, 0.05) is 13.7 Å². The zero-order chi connectivity index (χ0) is 11.3. The van der Waals surface area contributed by atoms with Crippen LogP contribution in [0.15, 0.2) is 29.2 Å². The van der Waals surface area contributed by atoms with Crippen molar-refractivity contribution in [3.63, 3.8) is 0 Å². The summed E-state index contributed by atoms with van der Waals surface area (Å²) < 4.78 is 41.2. The molecule has 0 aliphatic carbocycles. The molecule has 0 bridgehead atoms. The molecule has 0 amide bonds. The zero-order valence-electron chi connectivity index (χ0n) is 8.44. The number of benzene rings is 1. The summed E-state index contributed by atoms with van der Waals surface area (Å²) in [6.45, 7) is 0.355. The first-order chi connectivity index (χ1) is 7.08. The van der Waals surface area contributed by atoms with Crippen LogP contribution in [0.25, 0.3) is 0 Å². The van der Waals surface area contributed by atoms with Gasteiger partial charge in [0.15, 0.2) is 9.84 Å². The van der Waals surface area contributed by atoms with Crippen molar-refractivity contribution in [2.45, 2.75) is 11.3 Å². The van der Waals surface area contributed by atoms with Gasteiger partial charge in [-0.3, -0.25) is 0 Å². The van der Waals surface area contributed by atoms with Crippen LogP contribution in [-0.4, -0.2) is 27.9 Å². The van der Waals surface area contributed by atoms with Crippen LogP contribution in [0, 0.1) is 5.82 Å². The van der Waals surface area contributed by atoms with Gasteiger partial charge in [-0.25, -0.2) is 12.8 Å². The standard InChI is InChI=1S/C10H13FO3S/c1-14-7-4-8-15(12,13)10-6-3-2-5-9(10)11/h2-3,5-6H,4,7-8H2,1H3. The fraction of sp³-hybridized carbons (Fsp3) is 0.400. The quantitative estimate of drug-likeness (QED) is 0.725. The summed E-state index contributed by atoms with van der Waals surface area (Å²) in [5.41, 5.74) is 0. The Balaban J connectivity index is 2.83. The maximum absolute atomic E-state index is 13.2. The Kier molecular flexibility index (Phi) is 4.23. The molecule has 0 saturated carbocycles. The van der Waals surface area contributed by atoms with E-state index in [0.29, 0.717) is 13.0 Å². The third-order valence-electron chi connectivity index (χ3n) is 1.93. The summed E-state index contributed by atoms with van der Waals surface area (Å²) in [4.78, 5) is -0.235. The highest BCUT2D eigenvalue weighted by Crippen LogP contribution is 2.15. The molecule has 0 aliphatic heterocycles. The van der Waals surface area contributed by atoms with Gasteiger partial charge < -0.3 is 4.74 Å². The molecule has 0 aliphatic rings. The Morgan fingerprint density at radius 1 is 1.33 bits per heavy atom. The molecule has 0 heterocycles. The molecule has 84 valence electrons. The molecule has 0 fully saturated rings. The minimum Gasteiger partial charge on any atom is -0.385 e. The van der Waals surface area contributed by atoms with Gasteiger partial charge in [0.25, 0.3) is 0 Å². The molecule has 0 saturated heterocycles. The van der Waals surface area contributed by atoms with Crippen molar-refractivity contribution in [3.8, 4) is 0 Å². The molecule has 0 aromatic heterocycles. The van der Waals surface area contributed by atoms with Crippen LogP contribution in [0.5, 0.6) is 0 Å². The Morgan fingerprint density at radius 2 is 2.00 bits per heavy atom. The maximum atomic E-state index is 13.2. The SMILES string of the molecule is COCCCS(=O)(=O)c1ccccc1F. The number of halogens is 1. The van der Waals surface area contributed by atoms with E-state index in [2.05, 4.69) is 0 Å². The molecular formula is C10H13FO3S. The summed E-state index contributed by atoms with van der Waals surface area (Å²) >= 11 is 0. The normalized spacial score (nSPS) is 11.6. The van der Waals surface area contributed by atoms with Gasteiger partial charge in [0.2, 0.25) is 0 Å². The topological polar surface area (TPSA) is 43.4 Å². The van der Waals surface area contributed by atoms with Crippen LogP contribution in [0.4, 0.5) is 4.39 Å².